The first-order chi connectivity index (χ1) is 8.61. The Bertz CT molecular complexity index is 542. The summed E-state index contributed by atoms with van der Waals surface area (Å²) in [5.74, 6) is -1.10. The van der Waals surface area contributed by atoms with Crippen LogP contribution >= 0.6 is 15.9 Å². The molecule has 0 radical (unpaired) electrons. The van der Waals surface area contributed by atoms with Crippen molar-refractivity contribution in [2.75, 3.05) is 7.05 Å². The van der Waals surface area contributed by atoms with Crippen LogP contribution in [-0.2, 0) is 6.42 Å². The second-order valence-corrected chi connectivity index (χ2v) is 4.65. The second-order valence-electron chi connectivity index (χ2n) is 3.93. The van der Waals surface area contributed by atoms with Gasteiger partial charge in [-0.15, -0.1) is 0 Å². The first-order valence-corrected chi connectivity index (χ1v) is 6.25. The van der Waals surface area contributed by atoms with Crippen LogP contribution in [0, 0.1) is 11.6 Å². The van der Waals surface area contributed by atoms with E-state index in [1.165, 1.54) is 12.1 Å². The summed E-state index contributed by atoms with van der Waals surface area (Å²) in [7, 11) is 1.78. The zero-order chi connectivity index (χ0) is 13.1. The molecule has 5 heteroatoms. The molecule has 0 saturated carbocycles. The minimum Gasteiger partial charge on any atom is -0.457 e. The number of hydrogen-bond acceptors (Lipinski definition) is 2. The van der Waals surface area contributed by atoms with Gasteiger partial charge in [0.25, 0.3) is 0 Å². The predicted molar refractivity (Wildman–Crippen MR) is 68.3 cm³/mol. The van der Waals surface area contributed by atoms with Crippen molar-refractivity contribution in [3.05, 3.63) is 58.0 Å². The smallest absolute Gasteiger partial charge is 0.173 e. The van der Waals surface area contributed by atoms with E-state index in [-0.39, 0.29) is 6.04 Å². The molecule has 0 spiro atoms. The van der Waals surface area contributed by atoms with Gasteiger partial charge in [-0.05, 0) is 47.1 Å². The molecule has 0 fully saturated rings. The van der Waals surface area contributed by atoms with Crippen molar-refractivity contribution in [1.82, 2.24) is 5.32 Å². The lowest BCUT2D eigenvalue weighted by atomic mass is 10.0. The molecule has 1 heterocycles. The highest BCUT2D eigenvalue weighted by Crippen LogP contribution is 2.27. The van der Waals surface area contributed by atoms with Crippen LogP contribution in [0.1, 0.15) is 17.2 Å². The molecule has 96 valence electrons. The molecule has 2 nitrogen and oxygen atoms in total. The van der Waals surface area contributed by atoms with Gasteiger partial charge >= 0.3 is 0 Å². The maximum atomic E-state index is 13.6. The SMILES string of the molecule is CNC(Cc1ccc(F)cc1F)c1ccoc1Br. The van der Waals surface area contributed by atoms with Crippen LogP contribution in [-0.4, -0.2) is 7.05 Å². The lowest BCUT2D eigenvalue weighted by Crippen LogP contribution is -2.19. The summed E-state index contributed by atoms with van der Waals surface area (Å²) in [6.45, 7) is 0. The van der Waals surface area contributed by atoms with Crippen LogP contribution in [0.15, 0.2) is 39.6 Å². The minimum absolute atomic E-state index is 0.0990. The average molecular weight is 316 g/mol. The summed E-state index contributed by atoms with van der Waals surface area (Å²) < 4.78 is 32.2. The van der Waals surface area contributed by atoms with Gasteiger partial charge in [-0.25, -0.2) is 8.78 Å². The molecule has 1 aromatic carbocycles. The third-order valence-electron chi connectivity index (χ3n) is 2.81. The molecule has 0 aliphatic heterocycles. The van der Waals surface area contributed by atoms with Gasteiger partial charge in [0.15, 0.2) is 4.67 Å². The number of furan rings is 1. The summed E-state index contributed by atoms with van der Waals surface area (Å²) in [6.07, 6.45) is 1.98. The largest absolute Gasteiger partial charge is 0.457 e. The Hall–Kier alpha value is -1.20. The van der Waals surface area contributed by atoms with Crippen LogP contribution in [0.3, 0.4) is 0 Å². The normalized spacial score (nSPS) is 12.7. The van der Waals surface area contributed by atoms with Gasteiger partial charge in [-0.2, -0.15) is 0 Å². The topological polar surface area (TPSA) is 25.2 Å². The number of likely N-dealkylation sites (N-methyl/N-ethyl adjacent to an activating group) is 1. The molecule has 1 unspecified atom stereocenters. The number of hydrogen-bond donors (Lipinski definition) is 1. The standard InChI is InChI=1S/C13H12BrF2NO/c1-17-12(10-4-5-18-13(10)14)6-8-2-3-9(15)7-11(8)16/h2-5,7,12,17H,6H2,1H3. The summed E-state index contributed by atoms with van der Waals surface area (Å²) in [6, 6.07) is 5.33. The van der Waals surface area contributed by atoms with E-state index in [4.69, 9.17) is 4.42 Å². The van der Waals surface area contributed by atoms with Gasteiger partial charge in [-0.3, -0.25) is 0 Å². The van der Waals surface area contributed by atoms with Crippen molar-refractivity contribution in [1.29, 1.82) is 0 Å². The highest BCUT2D eigenvalue weighted by molar-refractivity contribution is 9.10. The molecule has 0 aliphatic carbocycles. The van der Waals surface area contributed by atoms with Gasteiger partial charge in [0.05, 0.1) is 6.26 Å². The maximum Gasteiger partial charge on any atom is 0.173 e. The fraction of sp³-hybridized carbons (Fsp3) is 0.231. The molecule has 0 aliphatic rings. The Morgan fingerprint density at radius 3 is 2.67 bits per heavy atom. The van der Waals surface area contributed by atoms with Crippen molar-refractivity contribution in [3.8, 4) is 0 Å². The molecular weight excluding hydrogens is 304 g/mol. The maximum absolute atomic E-state index is 13.6. The summed E-state index contributed by atoms with van der Waals surface area (Å²) in [4.78, 5) is 0. The highest BCUT2D eigenvalue weighted by atomic mass is 79.9. The first kappa shape index (κ1) is 13.2. The van der Waals surface area contributed by atoms with E-state index in [0.717, 1.165) is 11.6 Å². The van der Waals surface area contributed by atoms with Gasteiger partial charge in [0.2, 0.25) is 0 Å². The molecule has 0 amide bonds. The summed E-state index contributed by atoms with van der Waals surface area (Å²) in [5, 5.41) is 3.09. The van der Waals surface area contributed by atoms with Gasteiger partial charge < -0.3 is 9.73 Å². The highest BCUT2D eigenvalue weighted by Gasteiger charge is 2.17. The molecule has 1 atom stereocenters. The van der Waals surface area contributed by atoms with Gasteiger partial charge in [-0.1, -0.05) is 6.07 Å². The fourth-order valence-corrected chi connectivity index (χ4v) is 2.34. The third kappa shape index (κ3) is 2.79. The Balaban J connectivity index is 2.23. The van der Waals surface area contributed by atoms with Crippen molar-refractivity contribution in [3.63, 3.8) is 0 Å². The van der Waals surface area contributed by atoms with Crippen molar-refractivity contribution in [2.24, 2.45) is 0 Å². The Morgan fingerprint density at radius 2 is 2.11 bits per heavy atom. The quantitative estimate of drug-likeness (QED) is 0.927. The number of nitrogens with one attached hydrogen (secondary N) is 1. The van der Waals surface area contributed by atoms with E-state index in [1.54, 1.807) is 13.3 Å². The monoisotopic (exact) mass is 315 g/mol. The van der Waals surface area contributed by atoms with Crippen molar-refractivity contribution >= 4 is 15.9 Å². The molecule has 2 aromatic rings. The first-order valence-electron chi connectivity index (χ1n) is 5.46. The lowest BCUT2D eigenvalue weighted by Gasteiger charge is -2.15. The number of rotatable bonds is 4. The zero-order valence-electron chi connectivity index (χ0n) is 9.71. The zero-order valence-corrected chi connectivity index (χ0v) is 11.3. The molecule has 18 heavy (non-hydrogen) atoms. The Morgan fingerprint density at radius 1 is 1.33 bits per heavy atom. The van der Waals surface area contributed by atoms with Crippen LogP contribution in [0.25, 0.3) is 0 Å². The van der Waals surface area contributed by atoms with E-state index in [9.17, 15) is 8.78 Å². The van der Waals surface area contributed by atoms with E-state index < -0.39 is 11.6 Å². The van der Waals surface area contributed by atoms with Crippen molar-refractivity contribution in [2.45, 2.75) is 12.5 Å². The van der Waals surface area contributed by atoms with Crippen LogP contribution in [0.2, 0.25) is 0 Å². The average Bonchev–Trinajstić information content (AvgIpc) is 2.75. The third-order valence-corrected chi connectivity index (χ3v) is 3.45. The molecular formula is C13H12BrF2NO. The summed E-state index contributed by atoms with van der Waals surface area (Å²) >= 11 is 3.29. The van der Waals surface area contributed by atoms with Gasteiger partial charge in [0.1, 0.15) is 11.6 Å². The van der Waals surface area contributed by atoms with Gasteiger partial charge in [0, 0.05) is 17.7 Å². The Labute approximate surface area is 112 Å². The van der Waals surface area contributed by atoms with E-state index in [2.05, 4.69) is 21.2 Å². The lowest BCUT2D eigenvalue weighted by molar-refractivity contribution is 0.510. The van der Waals surface area contributed by atoms with Crippen LogP contribution in [0.4, 0.5) is 8.78 Å². The van der Waals surface area contributed by atoms with E-state index in [0.29, 0.717) is 16.7 Å². The molecule has 2 rings (SSSR count). The molecule has 0 saturated heterocycles. The minimum atomic E-state index is -0.568. The summed E-state index contributed by atoms with van der Waals surface area (Å²) in [5.41, 5.74) is 1.37. The van der Waals surface area contributed by atoms with Crippen LogP contribution < -0.4 is 5.32 Å². The predicted octanol–water partition coefficient (Wildman–Crippen LogP) is 3.82. The fourth-order valence-electron chi connectivity index (χ4n) is 1.83. The van der Waals surface area contributed by atoms with Crippen molar-refractivity contribution < 1.29 is 13.2 Å². The van der Waals surface area contributed by atoms with E-state index in [1.807, 2.05) is 6.07 Å². The number of halogens is 3. The molecule has 1 aromatic heterocycles. The molecule has 0 bridgehead atoms. The number of benzene rings is 1. The van der Waals surface area contributed by atoms with Crippen LogP contribution in [0.5, 0.6) is 0 Å². The van der Waals surface area contributed by atoms with E-state index >= 15 is 0 Å². The Kier molecular flexibility index (Phi) is 4.14. The molecule has 1 N–H and O–H groups in total. The second kappa shape index (κ2) is 5.63.